The van der Waals surface area contributed by atoms with Gasteiger partial charge in [0.15, 0.2) is 8.07 Å². The van der Waals surface area contributed by atoms with Crippen molar-refractivity contribution in [3.05, 3.63) is 218 Å². The lowest BCUT2D eigenvalue weighted by Crippen LogP contribution is -2.74. The highest BCUT2D eigenvalue weighted by atomic mass is 28.3. The van der Waals surface area contributed by atoms with Crippen molar-refractivity contribution in [2.24, 2.45) is 0 Å². The first-order valence-electron chi connectivity index (χ1n) is 20.3. The second-order valence-electron chi connectivity index (χ2n) is 15.5. The topological polar surface area (TPSA) is 23.4 Å². The van der Waals surface area contributed by atoms with E-state index >= 15 is 0 Å². The molecule has 0 amide bonds. The molecule has 0 aliphatic carbocycles. The normalized spacial score (nSPS) is 12.6. The van der Waals surface area contributed by atoms with Crippen LogP contribution in [0.2, 0.25) is 0 Å². The van der Waals surface area contributed by atoms with E-state index in [-0.39, 0.29) is 6.92 Å². The number of fused-ring (bicyclic) bond motifs is 7. The minimum absolute atomic E-state index is 0.295. The van der Waals surface area contributed by atoms with Gasteiger partial charge < -0.3 is 14.0 Å². The number of nitrogens with zero attached hydrogens (tertiary/aromatic N) is 1. The highest BCUT2D eigenvalue weighted by molar-refractivity contribution is 7.19. The lowest BCUT2D eigenvalue weighted by molar-refractivity contribution is 0.479. The maximum absolute atomic E-state index is 7.03. The zero-order valence-electron chi connectivity index (χ0n) is 32.1. The smallest absolute Gasteiger partial charge is 0.434 e. The molecule has 5 heteroatoms. The molecule has 9 aromatic carbocycles. The molecule has 0 spiro atoms. The Kier molecular flexibility index (Phi) is 7.65. The van der Waals surface area contributed by atoms with E-state index in [0.717, 1.165) is 56.1 Å². The van der Waals surface area contributed by atoms with Crippen LogP contribution in [-0.4, -0.2) is 19.6 Å². The van der Waals surface area contributed by atoms with Crippen molar-refractivity contribution in [1.82, 2.24) is 4.57 Å². The van der Waals surface area contributed by atoms with Gasteiger partial charge in [0.2, 0.25) is 0 Å². The van der Waals surface area contributed by atoms with E-state index in [9.17, 15) is 0 Å². The Morgan fingerprint density at radius 1 is 0.390 bits per heavy atom. The van der Waals surface area contributed by atoms with Crippen LogP contribution in [0.4, 0.5) is 0 Å². The number of ether oxygens (including phenoxy) is 1. The highest BCUT2D eigenvalue weighted by Crippen LogP contribution is 2.42. The molecule has 12 rings (SSSR count). The number of rotatable bonds is 6. The maximum Gasteiger partial charge on any atom is 0.434 e. The zero-order valence-corrected chi connectivity index (χ0v) is 33.1. The Hall–Kier alpha value is -7.34. The SMILES string of the molecule is c1ccc([Si](c2ccccc2)(c2ccccc2)c2ccc(-c3cc4c5c(c3)-c3ccccc3OB5c3ccc(-n5c6ccccc6c6ccccc65)cc3O4)cc2)cc1. The summed E-state index contributed by atoms with van der Waals surface area (Å²) in [5.41, 5.74) is 9.95. The van der Waals surface area contributed by atoms with Gasteiger partial charge in [0.1, 0.15) is 17.2 Å². The molecule has 0 atom stereocenters. The van der Waals surface area contributed by atoms with Gasteiger partial charge in [0, 0.05) is 39.0 Å². The lowest BCUT2D eigenvalue weighted by atomic mass is 9.50. The summed E-state index contributed by atoms with van der Waals surface area (Å²) in [5, 5.41) is 7.88. The summed E-state index contributed by atoms with van der Waals surface area (Å²) in [6.45, 7) is -0.295. The van der Waals surface area contributed by atoms with E-state index in [4.69, 9.17) is 9.39 Å². The average molecular weight is 770 g/mol. The Labute approximate surface area is 344 Å². The summed E-state index contributed by atoms with van der Waals surface area (Å²) in [4.78, 5) is 0. The number of aromatic nitrogens is 1. The Bertz CT molecular complexity index is 3070. The molecular formula is C54H36BNO2Si. The van der Waals surface area contributed by atoms with Crippen LogP contribution in [0, 0.1) is 0 Å². The molecule has 59 heavy (non-hydrogen) atoms. The Balaban J connectivity index is 1.01. The number of hydrogen-bond donors (Lipinski definition) is 0. The summed E-state index contributed by atoms with van der Waals surface area (Å²) in [5.74, 6) is 2.52. The number of hydrogen-bond acceptors (Lipinski definition) is 2. The Morgan fingerprint density at radius 3 is 1.56 bits per heavy atom. The van der Waals surface area contributed by atoms with Gasteiger partial charge in [-0.25, -0.2) is 0 Å². The van der Waals surface area contributed by atoms with Gasteiger partial charge in [0.05, 0.1) is 11.0 Å². The lowest BCUT2D eigenvalue weighted by Gasteiger charge is -2.34. The first-order chi connectivity index (χ1) is 29.3. The summed E-state index contributed by atoms with van der Waals surface area (Å²) < 4.78 is 16.3. The van der Waals surface area contributed by atoms with Crippen molar-refractivity contribution in [3.63, 3.8) is 0 Å². The molecule has 3 heterocycles. The van der Waals surface area contributed by atoms with Crippen molar-refractivity contribution >= 4 is 68.5 Å². The van der Waals surface area contributed by atoms with Crippen LogP contribution < -0.4 is 41.1 Å². The van der Waals surface area contributed by atoms with Crippen molar-refractivity contribution in [1.29, 1.82) is 0 Å². The van der Waals surface area contributed by atoms with Crippen molar-refractivity contribution in [3.8, 4) is 45.2 Å². The quantitative estimate of drug-likeness (QED) is 0.125. The molecule has 2 aliphatic rings. The summed E-state index contributed by atoms with van der Waals surface area (Å²) in [7, 11) is -2.66. The monoisotopic (exact) mass is 769 g/mol. The molecular weight excluding hydrogens is 733 g/mol. The van der Waals surface area contributed by atoms with E-state index in [2.05, 4.69) is 223 Å². The van der Waals surface area contributed by atoms with Crippen molar-refractivity contribution in [2.45, 2.75) is 0 Å². The van der Waals surface area contributed by atoms with Crippen LogP contribution in [-0.2, 0) is 0 Å². The average Bonchev–Trinajstić information content (AvgIpc) is 3.65. The van der Waals surface area contributed by atoms with Crippen LogP contribution in [0.1, 0.15) is 0 Å². The predicted molar refractivity (Wildman–Crippen MR) is 247 cm³/mol. The summed E-state index contributed by atoms with van der Waals surface area (Å²) in [6.07, 6.45) is 0. The van der Waals surface area contributed by atoms with Gasteiger partial charge in [-0.2, -0.15) is 0 Å². The van der Waals surface area contributed by atoms with Gasteiger partial charge in [-0.1, -0.05) is 176 Å². The molecule has 0 N–H and O–H groups in total. The minimum atomic E-state index is -2.66. The van der Waals surface area contributed by atoms with Crippen molar-refractivity contribution in [2.75, 3.05) is 0 Å². The van der Waals surface area contributed by atoms with Crippen LogP contribution >= 0.6 is 0 Å². The van der Waals surface area contributed by atoms with Crippen LogP contribution in [0.25, 0.3) is 49.7 Å². The van der Waals surface area contributed by atoms with Gasteiger partial charge in [-0.3, -0.25) is 0 Å². The van der Waals surface area contributed by atoms with E-state index in [0.29, 0.717) is 0 Å². The van der Waals surface area contributed by atoms with Gasteiger partial charge in [-0.15, -0.1) is 0 Å². The molecule has 3 nitrogen and oxygen atoms in total. The van der Waals surface area contributed by atoms with Gasteiger partial charge in [0.25, 0.3) is 0 Å². The molecule has 0 unspecified atom stereocenters. The van der Waals surface area contributed by atoms with Gasteiger partial charge >= 0.3 is 6.92 Å². The third-order valence-electron chi connectivity index (χ3n) is 12.4. The molecule has 2 aliphatic heterocycles. The third kappa shape index (κ3) is 5.15. The fourth-order valence-electron chi connectivity index (χ4n) is 9.83. The first-order valence-corrected chi connectivity index (χ1v) is 22.3. The molecule has 0 fully saturated rings. The largest absolute Gasteiger partial charge is 0.551 e. The molecule has 10 aromatic rings. The minimum Gasteiger partial charge on any atom is -0.551 e. The second-order valence-corrected chi connectivity index (χ2v) is 19.4. The molecule has 0 saturated carbocycles. The van der Waals surface area contributed by atoms with Crippen molar-refractivity contribution < 1.29 is 9.39 Å². The standard InChI is InChI=1S/C54H36BNO2Si/c1-4-16-40(17-5-1)59(41-18-6-2-7-19-41,42-20-8-3-9-21-42)43-31-28-37(29-32-43)38-34-47-46-24-12-15-27-51(46)58-55-48-33-30-39(36-52(48)57-53(35-38)54(47)55)56-49-25-13-10-22-44(49)45-23-11-14-26-50(45)56/h1-36H. The highest BCUT2D eigenvalue weighted by Gasteiger charge is 2.43. The van der Waals surface area contributed by atoms with E-state index in [1.807, 2.05) is 0 Å². The maximum atomic E-state index is 7.03. The fraction of sp³-hybridized carbons (Fsp3) is 0. The summed E-state index contributed by atoms with van der Waals surface area (Å²) in [6, 6.07) is 79.4. The molecule has 0 saturated heterocycles. The molecule has 0 bridgehead atoms. The van der Waals surface area contributed by atoms with Crippen LogP contribution in [0.15, 0.2) is 218 Å². The molecule has 0 radical (unpaired) electrons. The number of para-hydroxylation sites is 3. The first kappa shape index (κ1) is 33.8. The summed E-state index contributed by atoms with van der Waals surface area (Å²) >= 11 is 0. The van der Waals surface area contributed by atoms with Crippen LogP contribution in [0.3, 0.4) is 0 Å². The second kappa shape index (κ2) is 13.4. The van der Waals surface area contributed by atoms with E-state index < -0.39 is 8.07 Å². The number of benzene rings is 9. The van der Waals surface area contributed by atoms with E-state index in [1.54, 1.807) is 0 Å². The predicted octanol–water partition coefficient (Wildman–Crippen LogP) is 9.10. The molecule has 1 aromatic heterocycles. The van der Waals surface area contributed by atoms with Gasteiger partial charge in [-0.05, 0) is 73.8 Å². The third-order valence-corrected chi connectivity index (χ3v) is 17.2. The fourth-order valence-corrected chi connectivity index (χ4v) is 14.6. The Morgan fingerprint density at radius 2 is 0.932 bits per heavy atom. The molecule has 276 valence electrons. The van der Waals surface area contributed by atoms with Crippen LogP contribution in [0.5, 0.6) is 17.2 Å². The zero-order chi connectivity index (χ0) is 38.9. The van der Waals surface area contributed by atoms with E-state index in [1.165, 1.54) is 42.6 Å².